The fourth-order valence-corrected chi connectivity index (χ4v) is 3.07. The van der Waals surface area contributed by atoms with Gasteiger partial charge in [0.25, 0.3) is 0 Å². The van der Waals surface area contributed by atoms with Gasteiger partial charge >= 0.3 is 0 Å². The van der Waals surface area contributed by atoms with Gasteiger partial charge in [0.05, 0.1) is 0 Å². The van der Waals surface area contributed by atoms with Crippen molar-refractivity contribution in [3.05, 3.63) is 0 Å². The van der Waals surface area contributed by atoms with Gasteiger partial charge in [0, 0.05) is 17.8 Å². The molecule has 1 atom stereocenters. The van der Waals surface area contributed by atoms with Gasteiger partial charge in [-0.3, -0.25) is 0 Å². The third-order valence-corrected chi connectivity index (χ3v) is 3.91. The van der Waals surface area contributed by atoms with Crippen LogP contribution in [0.1, 0.15) is 26.7 Å². The Labute approximate surface area is 92.8 Å². The number of hydrogen-bond donors (Lipinski definition) is 1. The van der Waals surface area contributed by atoms with Crippen LogP contribution in [0.15, 0.2) is 0 Å². The third kappa shape index (κ3) is 4.67. The van der Waals surface area contributed by atoms with E-state index in [-0.39, 0.29) is 0 Å². The van der Waals surface area contributed by atoms with Crippen LogP contribution in [0.5, 0.6) is 0 Å². The Kier molecular flexibility index (Phi) is 5.90. The lowest BCUT2D eigenvalue weighted by Gasteiger charge is -2.23. The first-order valence-corrected chi connectivity index (χ1v) is 6.87. The predicted molar refractivity (Wildman–Crippen MR) is 66.1 cm³/mol. The third-order valence-electron chi connectivity index (χ3n) is 2.77. The molecule has 1 aliphatic heterocycles. The molecule has 84 valence electrons. The highest BCUT2D eigenvalue weighted by atomic mass is 32.2. The van der Waals surface area contributed by atoms with E-state index in [9.17, 15) is 0 Å². The normalized spacial score (nSPS) is 22.5. The molecule has 0 aromatic rings. The Morgan fingerprint density at radius 3 is 2.86 bits per heavy atom. The monoisotopic (exact) mass is 216 g/mol. The van der Waals surface area contributed by atoms with E-state index >= 15 is 0 Å². The average molecular weight is 216 g/mol. The second-order valence-electron chi connectivity index (χ2n) is 4.46. The summed E-state index contributed by atoms with van der Waals surface area (Å²) in [6, 6.07) is 1.47. The smallest absolute Gasteiger partial charge is 0.0191 e. The average Bonchev–Trinajstić information content (AvgIpc) is 2.64. The lowest BCUT2D eigenvalue weighted by molar-refractivity contribution is 0.257. The van der Waals surface area contributed by atoms with Crippen molar-refractivity contribution in [3.63, 3.8) is 0 Å². The highest BCUT2D eigenvalue weighted by Crippen LogP contribution is 2.21. The molecule has 0 radical (unpaired) electrons. The zero-order valence-electron chi connectivity index (χ0n) is 9.75. The fourth-order valence-electron chi connectivity index (χ4n) is 1.77. The standard InChI is InChI=1S/C11H24N2S/c1-10(2)12-6-4-7-13(3)11-5-8-14-9-11/h10-12H,4-9H2,1-3H3. The Hall–Kier alpha value is 0.270. The summed E-state index contributed by atoms with van der Waals surface area (Å²) in [7, 11) is 2.27. The van der Waals surface area contributed by atoms with E-state index in [1.165, 1.54) is 30.9 Å². The van der Waals surface area contributed by atoms with Gasteiger partial charge in [0.15, 0.2) is 0 Å². The Balaban J connectivity index is 1.99. The lowest BCUT2D eigenvalue weighted by Crippen LogP contribution is -2.34. The molecule has 1 unspecified atom stereocenters. The van der Waals surface area contributed by atoms with Crippen LogP contribution in [0.25, 0.3) is 0 Å². The summed E-state index contributed by atoms with van der Waals surface area (Å²) in [4.78, 5) is 2.53. The molecular weight excluding hydrogens is 192 g/mol. The van der Waals surface area contributed by atoms with Crippen LogP contribution in [0.2, 0.25) is 0 Å². The highest BCUT2D eigenvalue weighted by molar-refractivity contribution is 7.99. The summed E-state index contributed by atoms with van der Waals surface area (Å²) in [5, 5.41) is 3.46. The van der Waals surface area contributed by atoms with Crippen LogP contribution in [0.3, 0.4) is 0 Å². The van der Waals surface area contributed by atoms with Gasteiger partial charge in [-0.2, -0.15) is 11.8 Å². The Morgan fingerprint density at radius 1 is 1.50 bits per heavy atom. The maximum absolute atomic E-state index is 3.46. The van der Waals surface area contributed by atoms with Crippen LogP contribution in [-0.2, 0) is 0 Å². The lowest BCUT2D eigenvalue weighted by atomic mass is 10.2. The van der Waals surface area contributed by atoms with Gasteiger partial charge in [-0.25, -0.2) is 0 Å². The minimum atomic E-state index is 0.627. The van der Waals surface area contributed by atoms with Gasteiger partial charge in [-0.05, 0) is 38.7 Å². The molecule has 1 heterocycles. The van der Waals surface area contributed by atoms with E-state index in [1.54, 1.807) is 0 Å². The zero-order valence-corrected chi connectivity index (χ0v) is 10.6. The first-order chi connectivity index (χ1) is 6.70. The number of hydrogen-bond acceptors (Lipinski definition) is 3. The van der Waals surface area contributed by atoms with Crippen molar-refractivity contribution in [2.75, 3.05) is 31.6 Å². The molecule has 0 bridgehead atoms. The minimum Gasteiger partial charge on any atom is -0.314 e. The number of nitrogens with one attached hydrogen (secondary N) is 1. The molecule has 2 nitrogen and oxygen atoms in total. The van der Waals surface area contributed by atoms with E-state index in [1.807, 2.05) is 0 Å². The number of rotatable bonds is 6. The fraction of sp³-hybridized carbons (Fsp3) is 1.00. The van der Waals surface area contributed by atoms with E-state index in [4.69, 9.17) is 0 Å². The van der Waals surface area contributed by atoms with Crippen molar-refractivity contribution >= 4 is 11.8 Å². The molecule has 0 aliphatic carbocycles. The molecule has 14 heavy (non-hydrogen) atoms. The van der Waals surface area contributed by atoms with Crippen LogP contribution in [0, 0.1) is 0 Å². The minimum absolute atomic E-state index is 0.627. The molecular formula is C11H24N2S. The van der Waals surface area contributed by atoms with Crippen LogP contribution in [0.4, 0.5) is 0 Å². The second-order valence-corrected chi connectivity index (χ2v) is 5.61. The van der Waals surface area contributed by atoms with Gasteiger partial charge < -0.3 is 10.2 Å². The zero-order chi connectivity index (χ0) is 10.4. The quantitative estimate of drug-likeness (QED) is 0.682. The maximum atomic E-state index is 3.46. The molecule has 3 heteroatoms. The topological polar surface area (TPSA) is 15.3 Å². The largest absolute Gasteiger partial charge is 0.314 e. The summed E-state index contributed by atoms with van der Waals surface area (Å²) in [5.41, 5.74) is 0. The van der Waals surface area contributed by atoms with Crippen LogP contribution >= 0.6 is 11.8 Å². The molecule has 0 aromatic carbocycles. The van der Waals surface area contributed by atoms with Crippen molar-refractivity contribution in [3.8, 4) is 0 Å². The first-order valence-electron chi connectivity index (χ1n) is 5.71. The first kappa shape index (κ1) is 12.3. The molecule has 1 rings (SSSR count). The van der Waals surface area contributed by atoms with Gasteiger partial charge in [0.1, 0.15) is 0 Å². The summed E-state index contributed by atoms with van der Waals surface area (Å²) in [6.07, 6.45) is 2.66. The summed E-state index contributed by atoms with van der Waals surface area (Å²) >= 11 is 2.10. The van der Waals surface area contributed by atoms with Crippen LogP contribution < -0.4 is 5.32 Å². The summed E-state index contributed by atoms with van der Waals surface area (Å²) in [5.74, 6) is 2.70. The summed E-state index contributed by atoms with van der Waals surface area (Å²) in [6.45, 7) is 6.81. The summed E-state index contributed by atoms with van der Waals surface area (Å²) < 4.78 is 0. The molecule has 0 spiro atoms. The van der Waals surface area contributed by atoms with Gasteiger partial charge in [-0.1, -0.05) is 13.8 Å². The number of nitrogens with zero attached hydrogens (tertiary/aromatic N) is 1. The van der Waals surface area contributed by atoms with Crippen LogP contribution in [-0.4, -0.2) is 48.6 Å². The van der Waals surface area contributed by atoms with E-state index < -0.39 is 0 Å². The van der Waals surface area contributed by atoms with E-state index in [2.05, 4.69) is 42.9 Å². The molecule has 0 aromatic heterocycles. The predicted octanol–water partition coefficient (Wildman–Crippen LogP) is 1.81. The van der Waals surface area contributed by atoms with Crippen molar-refractivity contribution < 1.29 is 0 Å². The molecule has 1 N–H and O–H groups in total. The van der Waals surface area contributed by atoms with Crippen molar-refractivity contribution in [2.45, 2.75) is 38.8 Å². The van der Waals surface area contributed by atoms with Crippen molar-refractivity contribution in [1.82, 2.24) is 10.2 Å². The second kappa shape index (κ2) is 6.70. The number of thioether (sulfide) groups is 1. The van der Waals surface area contributed by atoms with Crippen molar-refractivity contribution in [2.24, 2.45) is 0 Å². The SMILES string of the molecule is CC(C)NCCCN(C)C1CCSC1. The Morgan fingerprint density at radius 2 is 2.29 bits per heavy atom. The molecule has 1 saturated heterocycles. The van der Waals surface area contributed by atoms with Gasteiger partial charge in [0.2, 0.25) is 0 Å². The maximum Gasteiger partial charge on any atom is 0.0191 e. The van der Waals surface area contributed by atoms with Gasteiger partial charge in [-0.15, -0.1) is 0 Å². The molecule has 1 aliphatic rings. The highest BCUT2D eigenvalue weighted by Gasteiger charge is 2.18. The molecule has 1 fully saturated rings. The van der Waals surface area contributed by atoms with E-state index in [0.29, 0.717) is 6.04 Å². The van der Waals surface area contributed by atoms with Crippen molar-refractivity contribution in [1.29, 1.82) is 0 Å². The molecule has 0 saturated carbocycles. The van der Waals surface area contributed by atoms with E-state index in [0.717, 1.165) is 12.6 Å². The Bertz CT molecular complexity index is 144. The molecule has 0 amide bonds.